The third kappa shape index (κ3) is 9.40. The molecule has 0 aliphatic carbocycles. The fraction of sp³-hybridized carbons (Fsp3) is 0.213. The van der Waals surface area contributed by atoms with Crippen LogP contribution in [-0.2, 0) is 27.7 Å². The first-order valence-electron chi connectivity index (χ1n) is 20.3. The zero-order valence-corrected chi connectivity index (χ0v) is 36.4. The third-order valence-electron chi connectivity index (χ3n) is 11.0. The van der Waals surface area contributed by atoms with E-state index in [0.29, 0.717) is 50.7 Å². The van der Waals surface area contributed by atoms with Crippen LogP contribution >= 0.6 is 0 Å². The Morgan fingerprint density at radius 1 is 0.815 bits per heavy atom. The van der Waals surface area contributed by atoms with Crippen molar-refractivity contribution in [3.05, 3.63) is 125 Å². The highest BCUT2D eigenvalue weighted by atomic mass is 32.2. The molecule has 1 fully saturated rings. The zero-order valence-electron chi connectivity index (χ0n) is 35.6. The number of nitrogens with zero attached hydrogens (tertiary/aromatic N) is 4. The Kier molecular flexibility index (Phi) is 12.1. The van der Waals surface area contributed by atoms with Gasteiger partial charge in [-0.3, -0.25) is 14.7 Å². The van der Waals surface area contributed by atoms with Crippen LogP contribution in [0.4, 0.5) is 5.69 Å². The van der Waals surface area contributed by atoms with Crippen LogP contribution in [0.5, 0.6) is 17.4 Å². The number of pyridine rings is 1. The van der Waals surface area contributed by atoms with Gasteiger partial charge >= 0.3 is 11.9 Å². The van der Waals surface area contributed by atoms with Gasteiger partial charge in [-0.15, -0.1) is 0 Å². The molecule has 6 N–H and O–H groups in total. The van der Waals surface area contributed by atoms with Gasteiger partial charge in [0.2, 0.25) is 21.8 Å². The first-order valence-corrected chi connectivity index (χ1v) is 22.2. The van der Waals surface area contributed by atoms with Gasteiger partial charge in [-0.2, -0.15) is 5.10 Å². The van der Waals surface area contributed by atoms with Gasteiger partial charge in [0.1, 0.15) is 34.1 Å². The minimum Gasteiger partial charge on any atom is -0.507 e. The van der Waals surface area contributed by atoms with Crippen molar-refractivity contribution >= 4 is 60.1 Å². The lowest BCUT2D eigenvalue weighted by Gasteiger charge is -2.34. The number of aromatic carboxylic acids is 2. The number of aromatic hydroxyl groups is 2. The van der Waals surface area contributed by atoms with Crippen LogP contribution in [0.1, 0.15) is 51.5 Å². The van der Waals surface area contributed by atoms with Crippen LogP contribution in [0, 0.1) is 0 Å². The molecule has 0 spiro atoms. The van der Waals surface area contributed by atoms with E-state index in [2.05, 4.69) is 43.6 Å². The van der Waals surface area contributed by atoms with Crippen LogP contribution in [0.2, 0.25) is 0 Å². The Bertz CT molecular complexity index is 3130. The molecule has 0 unspecified atom stereocenters. The second kappa shape index (κ2) is 17.9. The predicted molar refractivity (Wildman–Crippen MR) is 243 cm³/mol. The minimum atomic E-state index is -3.53. The zero-order chi connectivity index (χ0) is 46.2. The van der Waals surface area contributed by atoms with Gasteiger partial charge in [0, 0.05) is 53.3 Å². The Hall–Kier alpha value is -7.54. The minimum absolute atomic E-state index is 0.0407. The number of hydrogen-bond donors (Lipinski definition) is 6. The summed E-state index contributed by atoms with van der Waals surface area (Å²) < 4.78 is 43.4. The van der Waals surface area contributed by atoms with Crippen LogP contribution in [0.3, 0.4) is 0 Å². The third-order valence-corrected chi connectivity index (χ3v) is 11.5. The number of fused-ring (bicyclic) bond motifs is 3. The highest BCUT2D eigenvalue weighted by Gasteiger charge is 2.25. The maximum Gasteiger partial charge on any atom is 0.339 e. The lowest BCUT2D eigenvalue weighted by Crippen LogP contribution is -2.44. The largest absolute Gasteiger partial charge is 0.507 e. The predicted octanol–water partition coefficient (Wildman–Crippen LogP) is 7.66. The Morgan fingerprint density at radius 2 is 1.42 bits per heavy atom. The molecule has 65 heavy (non-hydrogen) atoms. The Labute approximate surface area is 372 Å². The first kappa shape index (κ1) is 44.1. The first-order chi connectivity index (χ1) is 31.1. The molecular weight excluding hydrogens is 857 g/mol. The van der Waals surface area contributed by atoms with Gasteiger partial charge in [-0.05, 0) is 71.3 Å². The van der Waals surface area contributed by atoms with E-state index >= 15 is 0 Å². The molecule has 0 radical (unpaired) electrons. The summed E-state index contributed by atoms with van der Waals surface area (Å²) in [6.07, 6.45) is 6.47. The summed E-state index contributed by atoms with van der Waals surface area (Å²) in [5.41, 5.74) is 3.37. The molecule has 0 bridgehead atoms. The molecule has 2 atom stereocenters. The van der Waals surface area contributed by atoms with E-state index in [0.717, 1.165) is 47.1 Å². The second-order valence-corrected chi connectivity index (χ2v) is 17.6. The lowest BCUT2D eigenvalue weighted by molar-refractivity contribution is -0.0718. The number of sulfonamides is 1. The van der Waals surface area contributed by atoms with Gasteiger partial charge in [-0.1, -0.05) is 48.5 Å². The highest BCUT2D eigenvalue weighted by Crippen LogP contribution is 2.39. The van der Waals surface area contributed by atoms with Crippen molar-refractivity contribution in [2.24, 2.45) is 0 Å². The number of aromatic nitrogens is 4. The average molecular weight is 901 g/mol. The number of carbonyl (C=O) groups is 2. The molecule has 8 aromatic rings. The van der Waals surface area contributed by atoms with Gasteiger partial charge in [0.25, 0.3) is 0 Å². The second-order valence-electron chi connectivity index (χ2n) is 15.8. The molecular formula is C47H44N6O11S. The van der Waals surface area contributed by atoms with Crippen molar-refractivity contribution in [3.8, 4) is 40.0 Å². The van der Waals surface area contributed by atoms with E-state index in [1.165, 1.54) is 19.2 Å². The number of carboxylic acids is 2. The van der Waals surface area contributed by atoms with Crippen LogP contribution < -0.4 is 9.46 Å². The van der Waals surface area contributed by atoms with E-state index < -0.39 is 33.5 Å². The maximum atomic E-state index is 11.8. The molecule has 4 heterocycles. The number of aromatic amines is 1. The number of phenols is 2. The summed E-state index contributed by atoms with van der Waals surface area (Å²) in [7, 11) is -2.09. The number of benzene rings is 5. The van der Waals surface area contributed by atoms with Crippen molar-refractivity contribution in [2.45, 2.75) is 39.0 Å². The molecule has 5 aromatic carbocycles. The summed E-state index contributed by atoms with van der Waals surface area (Å²) in [4.78, 5) is 34.3. The van der Waals surface area contributed by atoms with Crippen molar-refractivity contribution < 1.29 is 52.3 Å². The number of rotatable bonds is 11. The molecule has 1 aliphatic rings. The number of carboxylic acid groups (broad SMARTS) is 2. The number of morpholine rings is 1. The summed E-state index contributed by atoms with van der Waals surface area (Å²) >= 11 is 0. The fourth-order valence-corrected chi connectivity index (χ4v) is 8.81. The average Bonchev–Trinajstić information content (AvgIpc) is 3.94. The Balaban J connectivity index is 0.000000181. The lowest BCUT2D eigenvalue weighted by atomic mass is 9.90. The summed E-state index contributed by atoms with van der Waals surface area (Å²) in [5.74, 6) is -1.94. The molecule has 1 saturated heterocycles. The smallest absolute Gasteiger partial charge is 0.339 e. The van der Waals surface area contributed by atoms with E-state index in [-0.39, 0.29) is 41.3 Å². The topological polar surface area (TPSA) is 251 Å². The van der Waals surface area contributed by atoms with Crippen molar-refractivity contribution in [1.82, 2.24) is 25.1 Å². The van der Waals surface area contributed by atoms with E-state index in [4.69, 9.17) is 13.9 Å². The summed E-state index contributed by atoms with van der Waals surface area (Å²) in [5, 5.41) is 50.8. The SMILES string of the molecule is COc1ncc(-c2cc(-c3ncc(CN4C[C@@H](C)O[C@@H](C)C4)o3)c3cn[nH]c3c2)cc1NS(C)(=O)=O.O=C(O)c1cc2ccccc2c(Cc2c(O)c(C(=O)O)cc3ccccc23)c1O. The van der Waals surface area contributed by atoms with Crippen LogP contribution in [-0.4, -0.2) is 105 Å². The molecule has 9 rings (SSSR count). The maximum absolute atomic E-state index is 11.8. The summed E-state index contributed by atoms with van der Waals surface area (Å²) in [6, 6.07) is 22.3. The Morgan fingerprint density at radius 3 is 1.98 bits per heavy atom. The van der Waals surface area contributed by atoms with Crippen molar-refractivity contribution in [3.63, 3.8) is 0 Å². The standard InChI is InChI=1S/C24H28N6O5S.C23H16O6/c1-14-11-30(12-15(2)34-14)13-18-9-26-23(35-18)19-5-16(6-21-20(19)10-27-28-21)17-7-22(29-36(4,31)32)24(33-3)25-8-17;24-20-16(14-7-3-1-5-12(14)9-18(20)22(26)27)11-17-15-8-4-2-6-13(15)10-19(21(17)25)23(28)29/h5-10,14-15,29H,11-13H2,1-4H3,(H,27,28);1-10,24-25H,11H2,(H,26,27)(H,28,29)/t14-,15+;. The molecule has 0 saturated carbocycles. The van der Waals surface area contributed by atoms with E-state index in [9.17, 15) is 38.4 Å². The molecule has 17 nitrogen and oxygen atoms in total. The van der Waals surface area contributed by atoms with Gasteiger partial charge in [0.05, 0.1) is 50.0 Å². The van der Waals surface area contributed by atoms with Crippen molar-refractivity contribution in [2.75, 3.05) is 31.2 Å². The number of hydrogen-bond acceptors (Lipinski definition) is 13. The van der Waals surface area contributed by atoms with Crippen LogP contribution in [0.25, 0.3) is 55.0 Å². The number of oxazole rings is 1. The van der Waals surface area contributed by atoms with Crippen molar-refractivity contribution in [1.29, 1.82) is 0 Å². The molecule has 0 amide bonds. The summed E-state index contributed by atoms with van der Waals surface area (Å²) in [6.45, 7) is 6.44. The van der Waals surface area contributed by atoms with Gasteiger partial charge in [0.15, 0.2) is 0 Å². The number of nitrogens with one attached hydrogen (secondary N) is 2. The monoisotopic (exact) mass is 900 g/mol. The van der Waals surface area contributed by atoms with Crippen LogP contribution in [0.15, 0.2) is 102 Å². The van der Waals surface area contributed by atoms with E-state index in [1.807, 2.05) is 12.1 Å². The van der Waals surface area contributed by atoms with Gasteiger partial charge < -0.3 is 34.3 Å². The molecule has 334 valence electrons. The highest BCUT2D eigenvalue weighted by molar-refractivity contribution is 7.92. The number of H-pyrrole nitrogens is 1. The molecule has 1 aliphatic heterocycles. The van der Waals surface area contributed by atoms with Gasteiger partial charge in [-0.25, -0.2) is 28.0 Å². The fourth-order valence-electron chi connectivity index (χ4n) is 8.26. The number of methoxy groups -OCH3 is 1. The molecule has 18 heteroatoms. The normalized spacial score (nSPS) is 15.4. The quantitative estimate of drug-likeness (QED) is 0.0729. The number of anilines is 1. The van der Waals surface area contributed by atoms with E-state index in [1.54, 1.807) is 73.2 Å². The number of ether oxygens (including phenoxy) is 2. The molecule has 3 aromatic heterocycles.